The second kappa shape index (κ2) is 22.0. The Morgan fingerprint density at radius 2 is 1.53 bits per heavy atom. The molecule has 101 heavy (non-hydrogen) atoms. The molecule has 11 nitrogen and oxygen atoms in total. The molecule has 0 unspecified atom stereocenters. The summed E-state index contributed by atoms with van der Waals surface area (Å²) in [6, 6.07) is 39.2. The first-order valence-corrected chi connectivity index (χ1v) is 38.1. The van der Waals surface area contributed by atoms with Gasteiger partial charge in [-0.15, -0.1) is 5.92 Å². The molecule has 13 aliphatic rings. The number of phenolic OH excluding ortho intramolecular Hbond substituents is 3. The number of Topliss-reactive ketones (excluding diaryl/α,β-unsaturated/α-hetero) is 1. The lowest BCUT2D eigenvalue weighted by molar-refractivity contribution is -0.185. The second-order valence-electron chi connectivity index (χ2n) is 34.0. The van der Waals surface area contributed by atoms with Crippen LogP contribution in [0.2, 0.25) is 0 Å². The average Bonchev–Trinajstić information content (AvgIpc) is 1.43. The molecule has 14 bridgehead atoms. The van der Waals surface area contributed by atoms with Crippen LogP contribution in [0, 0.1) is 87.8 Å². The summed E-state index contributed by atoms with van der Waals surface area (Å²) in [5, 5.41) is 97.9. The molecule has 3 heterocycles. The lowest BCUT2D eigenvalue weighted by atomic mass is 9.27. The first kappa shape index (κ1) is 61.5. The predicted molar refractivity (Wildman–Crippen MR) is 386 cm³/mol. The number of aromatic nitrogens is 1. The van der Waals surface area contributed by atoms with Crippen LogP contribution in [0.3, 0.4) is 0 Å². The van der Waals surface area contributed by atoms with Crippen LogP contribution in [0.4, 0.5) is 0 Å². The molecule has 20 rings (SSSR count). The minimum absolute atomic E-state index is 0.0103. The van der Waals surface area contributed by atoms with E-state index in [0.717, 1.165) is 125 Å². The van der Waals surface area contributed by atoms with E-state index in [2.05, 4.69) is 131 Å². The summed E-state index contributed by atoms with van der Waals surface area (Å²) in [5.41, 5.74) is 13.3. The molecule has 4 saturated carbocycles. The monoisotopic (exact) mass is 1340 g/mol. The van der Waals surface area contributed by atoms with Crippen LogP contribution in [0.25, 0.3) is 16.5 Å². The molecule has 5 fully saturated rings. The van der Waals surface area contributed by atoms with E-state index in [9.17, 15) is 30.6 Å². The van der Waals surface area contributed by atoms with Crippen molar-refractivity contribution < 1.29 is 45.3 Å². The van der Waals surface area contributed by atoms with Crippen LogP contribution >= 0.6 is 0 Å². The molecule has 7 aromatic rings. The van der Waals surface area contributed by atoms with Crippen LogP contribution in [0.15, 0.2) is 157 Å². The summed E-state index contributed by atoms with van der Waals surface area (Å²) >= 11 is 0. The number of nitrogens with zero attached hydrogens (tertiary/aromatic N) is 1. The summed E-state index contributed by atoms with van der Waals surface area (Å²) in [4.78, 5) is 17.8. The van der Waals surface area contributed by atoms with Crippen molar-refractivity contribution in [2.75, 3.05) is 7.11 Å². The number of nitrogens with one attached hydrogen (secondary N) is 1. The van der Waals surface area contributed by atoms with Gasteiger partial charge in [0.1, 0.15) is 5.78 Å². The topological polar surface area (TPSA) is 185 Å². The van der Waals surface area contributed by atoms with Gasteiger partial charge in [-0.1, -0.05) is 146 Å². The number of rotatable bonds is 7. The number of piperidine rings is 1. The number of aromatic hydroxyl groups is 3. The van der Waals surface area contributed by atoms with Gasteiger partial charge in [-0.2, -0.15) is 0 Å². The molecule has 8 N–H and O–H groups in total. The summed E-state index contributed by atoms with van der Waals surface area (Å²) < 4.78 is 8.47. The van der Waals surface area contributed by atoms with Crippen molar-refractivity contribution >= 4 is 22.3 Å². The number of aliphatic hydroxyl groups is 4. The van der Waals surface area contributed by atoms with Gasteiger partial charge in [0, 0.05) is 117 Å². The Labute approximate surface area is 590 Å². The molecule has 11 aliphatic carbocycles. The number of methoxy groups -OCH3 is 1. The van der Waals surface area contributed by atoms with Gasteiger partial charge in [0.25, 0.3) is 0 Å². The summed E-state index contributed by atoms with van der Waals surface area (Å²) in [7, 11) is 1.52. The molecule has 11 heteroatoms. The van der Waals surface area contributed by atoms with Gasteiger partial charge >= 0.3 is 0 Å². The van der Waals surface area contributed by atoms with E-state index in [0.29, 0.717) is 43.2 Å². The van der Waals surface area contributed by atoms with Gasteiger partial charge in [-0.05, 0) is 203 Å². The van der Waals surface area contributed by atoms with Crippen molar-refractivity contribution in [1.29, 1.82) is 0 Å². The Hall–Kier alpha value is -8.13. The second-order valence-corrected chi connectivity index (χ2v) is 34.0. The minimum Gasteiger partial charge on any atom is -0.504 e. The molecule has 1 saturated heterocycles. The number of benzene rings is 6. The zero-order valence-electron chi connectivity index (χ0n) is 57.3. The van der Waals surface area contributed by atoms with Crippen LogP contribution in [-0.2, 0) is 41.5 Å². The van der Waals surface area contributed by atoms with E-state index in [1.54, 1.807) is 12.1 Å². The first-order valence-electron chi connectivity index (χ1n) is 38.1. The molecule has 4 spiro atoms. The number of hydrogen-bond donors (Lipinski definition) is 8. The van der Waals surface area contributed by atoms with Crippen molar-refractivity contribution in [1.82, 2.24) is 9.88 Å². The number of allylic oxidation sites excluding steroid dienone is 5. The van der Waals surface area contributed by atoms with Crippen LogP contribution in [0.1, 0.15) is 175 Å². The fourth-order valence-electron chi connectivity index (χ4n) is 26.6. The third-order valence-corrected chi connectivity index (χ3v) is 30.2. The quantitative estimate of drug-likeness (QED) is 0.0434. The Kier molecular flexibility index (Phi) is 13.4. The number of hydrogen-bond acceptors (Lipinski definition) is 10. The van der Waals surface area contributed by atoms with E-state index >= 15 is 9.90 Å². The number of ether oxygens (including phenoxy) is 1. The Balaban J connectivity index is 0.935. The number of phenols is 3. The number of aliphatic hydroxyl groups excluding tert-OH is 4. The van der Waals surface area contributed by atoms with Crippen molar-refractivity contribution in [2.45, 2.75) is 181 Å². The highest BCUT2D eigenvalue weighted by atomic mass is 16.5. The molecular formula is C90H88N2O9. The Morgan fingerprint density at radius 1 is 0.723 bits per heavy atom. The van der Waals surface area contributed by atoms with Crippen LogP contribution < -0.4 is 10.1 Å². The van der Waals surface area contributed by atoms with Crippen LogP contribution in [-0.4, -0.2) is 83.6 Å². The van der Waals surface area contributed by atoms with E-state index in [4.69, 9.17) is 4.74 Å². The summed E-state index contributed by atoms with van der Waals surface area (Å²) in [5.74, 6) is 11.0. The van der Waals surface area contributed by atoms with Gasteiger partial charge in [-0.25, -0.2) is 0 Å². The number of carbonyl (C=O) groups excluding carboxylic acids is 1. The highest BCUT2D eigenvalue weighted by Gasteiger charge is 2.79. The molecule has 1 aromatic heterocycles. The zero-order valence-corrected chi connectivity index (χ0v) is 57.3. The lowest BCUT2D eigenvalue weighted by Gasteiger charge is -2.77. The fourth-order valence-corrected chi connectivity index (χ4v) is 26.6. The smallest absolute Gasteiger partial charge is 0.160 e. The van der Waals surface area contributed by atoms with Gasteiger partial charge in [0.2, 0.25) is 0 Å². The highest BCUT2D eigenvalue weighted by Crippen LogP contribution is 2.84. The number of ketones is 1. The largest absolute Gasteiger partial charge is 0.504 e. The molecule has 22 atom stereocenters. The van der Waals surface area contributed by atoms with E-state index in [-0.39, 0.29) is 94.5 Å². The lowest BCUT2D eigenvalue weighted by Crippen LogP contribution is -2.79. The number of carbonyl (C=O) groups is 1. The minimum atomic E-state index is -1.35. The predicted octanol–water partition coefficient (Wildman–Crippen LogP) is 13.8. The third kappa shape index (κ3) is 8.25. The maximum absolute atomic E-state index is 17.8. The maximum Gasteiger partial charge on any atom is 0.160 e. The SMILES string of the molecule is COc1cc([C@@H]2CC(=O)[C@H]3Cc4cc5cc6c4[C@@H]4C#CC[C@H]7N[C@H]8C[C@H]9C(=C%10C=C([C@H](O)C[C@H]%10C%10=C[C@@H]%11CCC[C@]%11%12C[C@@]%109[C@@H]9C[C@@H]%12c%10cc(O)c(O)cc%10[C@]89[C@@H]([C@H]3O)[C@H]7C#C[C@H]2Cc2ccccc2)[C@]52CCC[C@@H](Cc3ccccc3)C2)n2cc3cccc(c3c2)[C@H]6C[C@@H]4O)c(CO)cc1O. The van der Waals surface area contributed by atoms with E-state index < -0.39 is 82.7 Å². The van der Waals surface area contributed by atoms with Gasteiger partial charge in [0.05, 0.1) is 37.9 Å². The third-order valence-electron chi connectivity index (χ3n) is 30.2. The van der Waals surface area contributed by atoms with Crippen molar-refractivity contribution in [3.05, 3.63) is 218 Å². The van der Waals surface area contributed by atoms with Gasteiger partial charge < -0.3 is 50.4 Å². The van der Waals surface area contributed by atoms with Crippen molar-refractivity contribution in [3.63, 3.8) is 0 Å². The molecule has 2 aliphatic heterocycles. The average molecular weight is 1340 g/mol. The van der Waals surface area contributed by atoms with Gasteiger partial charge in [-0.3, -0.25) is 4.79 Å². The Morgan fingerprint density at radius 3 is 2.36 bits per heavy atom. The number of fused-ring (bicyclic) bond motifs is 12. The standard InChI is InChI=1S/C90H88N2O9/c1-101-80-38-60(53(45-93)30-79(80)99)59-34-75(95)66-29-52-28-55-31-63-61-35-74(94)58(83(52)63)20-9-21-73-57(23-22-50(59)27-48-14-6-3-7-15-48)84(86(66)100)90-70-39-78(98)77(97)37-65(70)68-40-81(90)89-46-88(68)25-11-18-54(88)32-69(89)62-36-76(96)71(87(55)24-10-16-49(42-87)26-47-12-4-2-5-13-47)33-64(62)85(72(89)41-82(90)91-73)92-43-51-17-8-19-56(61)67(51)44-92/h2-8,12-15,17,19,28,30-33,37-39,43-44,49-50,54,57-59,61-62,66,68,72-74,76,81-82,84,86,91,93-94,96-100H,10-11,16,18,21,24-27,29,34-36,40-42,45-46H2,1H3/t49-,50-,54-,57-,58+,59+,61+,62+,66+,68+,72-,73+,74-,76+,81-,82-,84+,86-,87-,88-,89+,90+/m0/s1. The van der Waals surface area contributed by atoms with E-state index in [1.807, 2.05) is 30.3 Å². The van der Waals surface area contributed by atoms with Crippen LogP contribution in [0.5, 0.6) is 23.0 Å². The maximum atomic E-state index is 17.8. The van der Waals surface area contributed by atoms with Crippen molar-refractivity contribution in [3.8, 4) is 46.7 Å². The first-order chi connectivity index (χ1) is 49.2. The zero-order chi connectivity index (χ0) is 67.9. The molecule has 512 valence electrons. The Bertz CT molecular complexity index is 4960. The molecular weight excluding hydrogens is 1250 g/mol. The highest BCUT2D eigenvalue weighted by molar-refractivity contribution is 5.89. The molecule has 0 amide bonds. The molecule has 0 radical (unpaired) electrons. The summed E-state index contributed by atoms with van der Waals surface area (Å²) in [6.45, 7) is -0.417. The fraction of sp³-hybridized carbons (Fsp3) is 0.456. The normalized spacial score (nSPS) is 38.6. The summed E-state index contributed by atoms with van der Waals surface area (Å²) in [6.07, 6.45) is 18.9. The van der Waals surface area contributed by atoms with E-state index in [1.165, 1.54) is 29.5 Å². The van der Waals surface area contributed by atoms with Crippen molar-refractivity contribution in [2.24, 2.45) is 64.1 Å². The van der Waals surface area contributed by atoms with Gasteiger partial charge in [0.15, 0.2) is 23.0 Å². The molecule has 6 aromatic carbocycles.